The van der Waals surface area contributed by atoms with Gasteiger partial charge in [0, 0.05) is 23.0 Å². The molecule has 0 saturated heterocycles. The van der Waals surface area contributed by atoms with Crippen LogP contribution in [0.5, 0.6) is 0 Å². The zero-order valence-electron chi connectivity index (χ0n) is 10.2. The normalized spacial score (nSPS) is 16.8. The van der Waals surface area contributed by atoms with Crippen molar-refractivity contribution in [2.75, 3.05) is 0 Å². The van der Waals surface area contributed by atoms with Crippen molar-refractivity contribution < 1.29 is 4.39 Å². The maximum absolute atomic E-state index is 12.8. The number of thiazole rings is 1. The lowest BCUT2D eigenvalue weighted by molar-refractivity contribution is 0.533. The number of benzene rings is 1. The summed E-state index contributed by atoms with van der Waals surface area (Å²) in [6.07, 6.45) is 2.50. The summed E-state index contributed by atoms with van der Waals surface area (Å²) in [5, 5.41) is 6.53. The molecule has 0 unspecified atom stereocenters. The summed E-state index contributed by atoms with van der Waals surface area (Å²) < 4.78 is 12.8. The van der Waals surface area contributed by atoms with Gasteiger partial charge in [0.1, 0.15) is 10.8 Å². The van der Waals surface area contributed by atoms with Crippen molar-refractivity contribution in [2.24, 2.45) is 0 Å². The van der Waals surface area contributed by atoms with Crippen LogP contribution in [0, 0.1) is 5.82 Å². The molecule has 0 amide bonds. The predicted octanol–water partition coefficient (Wildman–Crippen LogP) is 3.59. The molecule has 4 heteroatoms. The van der Waals surface area contributed by atoms with Gasteiger partial charge in [0.25, 0.3) is 0 Å². The molecule has 1 aliphatic rings. The second kappa shape index (κ2) is 4.44. The minimum atomic E-state index is -0.209. The standard InChI is InChI=1S/C14H15FN2S/c1-14(6-7-14)16-8-12-9-18-13(17-12)10-2-4-11(15)5-3-10/h2-5,9,16H,6-8H2,1H3. The molecule has 1 saturated carbocycles. The molecule has 0 spiro atoms. The van der Waals surface area contributed by atoms with E-state index in [0.717, 1.165) is 22.8 Å². The Labute approximate surface area is 110 Å². The van der Waals surface area contributed by atoms with Gasteiger partial charge in [0.05, 0.1) is 5.69 Å². The van der Waals surface area contributed by atoms with Crippen molar-refractivity contribution in [1.29, 1.82) is 0 Å². The molecule has 1 aliphatic carbocycles. The van der Waals surface area contributed by atoms with Crippen molar-refractivity contribution in [2.45, 2.75) is 31.8 Å². The number of nitrogens with one attached hydrogen (secondary N) is 1. The van der Waals surface area contributed by atoms with Gasteiger partial charge in [0.15, 0.2) is 0 Å². The van der Waals surface area contributed by atoms with Gasteiger partial charge in [-0.3, -0.25) is 0 Å². The third-order valence-corrected chi connectivity index (χ3v) is 4.28. The summed E-state index contributed by atoms with van der Waals surface area (Å²) in [5.41, 5.74) is 2.37. The molecule has 1 fully saturated rings. The van der Waals surface area contributed by atoms with Gasteiger partial charge < -0.3 is 5.32 Å². The molecule has 94 valence electrons. The Morgan fingerprint density at radius 3 is 2.72 bits per heavy atom. The van der Waals surface area contributed by atoms with E-state index in [0.29, 0.717) is 5.54 Å². The van der Waals surface area contributed by atoms with Crippen LogP contribution in [0.25, 0.3) is 10.6 Å². The zero-order valence-corrected chi connectivity index (χ0v) is 11.1. The van der Waals surface area contributed by atoms with Crippen molar-refractivity contribution in [3.63, 3.8) is 0 Å². The molecular weight excluding hydrogens is 247 g/mol. The Balaban J connectivity index is 1.70. The Bertz CT molecular complexity index is 543. The molecule has 18 heavy (non-hydrogen) atoms. The summed E-state index contributed by atoms with van der Waals surface area (Å²) in [5.74, 6) is -0.209. The predicted molar refractivity (Wildman–Crippen MR) is 72.0 cm³/mol. The number of hydrogen-bond acceptors (Lipinski definition) is 3. The highest BCUT2D eigenvalue weighted by atomic mass is 32.1. The maximum Gasteiger partial charge on any atom is 0.123 e. The molecule has 0 bridgehead atoms. The summed E-state index contributed by atoms with van der Waals surface area (Å²) in [6, 6.07) is 6.49. The van der Waals surface area contributed by atoms with Crippen LogP contribution in [0.2, 0.25) is 0 Å². The van der Waals surface area contributed by atoms with Crippen LogP contribution in [0.3, 0.4) is 0 Å². The molecule has 2 nitrogen and oxygen atoms in total. The number of hydrogen-bond donors (Lipinski definition) is 1. The van der Waals surface area contributed by atoms with Crippen molar-refractivity contribution in [3.8, 4) is 10.6 Å². The summed E-state index contributed by atoms with van der Waals surface area (Å²) in [4.78, 5) is 4.57. The monoisotopic (exact) mass is 262 g/mol. The third-order valence-electron chi connectivity index (χ3n) is 3.34. The number of nitrogens with zero attached hydrogens (tertiary/aromatic N) is 1. The van der Waals surface area contributed by atoms with E-state index in [-0.39, 0.29) is 5.82 Å². The fraction of sp³-hybridized carbons (Fsp3) is 0.357. The van der Waals surface area contributed by atoms with E-state index >= 15 is 0 Å². The molecular formula is C14H15FN2S. The molecule has 2 aromatic rings. The van der Waals surface area contributed by atoms with Crippen LogP contribution in [-0.2, 0) is 6.54 Å². The smallest absolute Gasteiger partial charge is 0.123 e. The van der Waals surface area contributed by atoms with E-state index in [1.165, 1.54) is 25.0 Å². The number of aromatic nitrogens is 1. The van der Waals surface area contributed by atoms with Crippen molar-refractivity contribution in [3.05, 3.63) is 41.2 Å². The van der Waals surface area contributed by atoms with Crippen LogP contribution in [0.15, 0.2) is 29.6 Å². The lowest BCUT2D eigenvalue weighted by Crippen LogP contribution is -2.27. The van der Waals surface area contributed by atoms with E-state index in [1.807, 2.05) is 0 Å². The van der Waals surface area contributed by atoms with Crippen molar-refractivity contribution >= 4 is 11.3 Å². The highest BCUT2D eigenvalue weighted by Gasteiger charge is 2.36. The van der Waals surface area contributed by atoms with Gasteiger partial charge in [-0.15, -0.1) is 11.3 Å². The minimum Gasteiger partial charge on any atom is -0.306 e. The van der Waals surface area contributed by atoms with E-state index in [4.69, 9.17) is 0 Å². The van der Waals surface area contributed by atoms with Gasteiger partial charge in [-0.2, -0.15) is 0 Å². The molecule has 3 rings (SSSR count). The molecule has 1 aromatic carbocycles. The highest BCUT2D eigenvalue weighted by Crippen LogP contribution is 2.34. The average molecular weight is 262 g/mol. The molecule has 1 N–H and O–H groups in total. The van der Waals surface area contributed by atoms with Crippen LogP contribution in [0.4, 0.5) is 4.39 Å². The minimum absolute atomic E-state index is 0.209. The Hall–Kier alpha value is -1.26. The Morgan fingerprint density at radius 2 is 2.06 bits per heavy atom. The fourth-order valence-electron chi connectivity index (χ4n) is 1.78. The van der Waals surface area contributed by atoms with Crippen LogP contribution < -0.4 is 5.32 Å². The lowest BCUT2D eigenvalue weighted by atomic mass is 10.2. The largest absolute Gasteiger partial charge is 0.306 e. The van der Waals surface area contributed by atoms with E-state index in [2.05, 4.69) is 22.6 Å². The van der Waals surface area contributed by atoms with E-state index in [1.54, 1.807) is 23.5 Å². The molecule has 1 aromatic heterocycles. The van der Waals surface area contributed by atoms with Crippen LogP contribution in [-0.4, -0.2) is 10.5 Å². The first-order valence-electron chi connectivity index (χ1n) is 6.10. The molecule has 0 radical (unpaired) electrons. The zero-order chi connectivity index (χ0) is 12.6. The Morgan fingerprint density at radius 1 is 1.33 bits per heavy atom. The van der Waals surface area contributed by atoms with E-state index < -0.39 is 0 Å². The second-order valence-corrected chi connectivity index (χ2v) is 5.92. The average Bonchev–Trinajstić information content (AvgIpc) is 2.92. The van der Waals surface area contributed by atoms with Crippen molar-refractivity contribution in [1.82, 2.24) is 10.3 Å². The number of halogens is 1. The fourth-order valence-corrected chi connectivity index (χ4v) is 2.61. The van der Waals surface area contributed by atoms with Gasteiger partial charge in [-0.05, 0) is 44.0 Å². The maximum atomic E-state index is 12.8. The summed E-state index contributed by atoms with van der Waals surface area (Å²) in [6.45, 7) is 3.05. The van der Waals surface area contributed by atoms with Gasteiger partial charge in [-0.25, -0.2) is 9.37 Å². The first-order chi connectivity index (χ1) is 8.65. The summed E-state index contributed by atoms with van der Waals surface area (Å²) in [7, 11) is 0. The van der Waals surface area contributed by atoms with Gasteiger partial charge in [0.2, 0.25) is 0 Å². The molecule has 0 aliphatic heterocycles. The second-order valence-electron chi connectivity index (χ2n) is 5.07. The highest BCUT2D eigenvalue weighted by molar-refractivity contribution is 7.13. The SMILES string of the molecule is CC1(NCc2csc(-c3ccc(F)cc3)n2)CC1. The number of rotatable bonds is 4. The van der Waals surface area contributed by atoms with E-state index in [9.17, 15) is 4.39 Å². The molecule has 0 atom stereocenters. The van der Waals surface area contributed by atoms with Gasteiger partial charge >= 0.3 is 0 Å². The topological polar surface area (TPSA) is 24.9 Å². The van der Waals surface area contributed by atoms with Crippen LogP contribution in [0.1, 0.15) is 25.5 Å². The quantitative estimate of drug-likeness (QED) is 0.910. The summed E-state index contributed by atoms with van der Waals surface area (Å²) >= 11 is 1.61. The first kappa shape index (κ1) is 11.8. The lowest BCUT2D eigenvalue weighted by Gasteiger charge is -2.08. The first-order valence-corrected chi connectivity index (χ1v) is 6.98. The van der Waals surface area contributed by atoms with Gasteiger partial charge in [-0.1, -0.05) is 0 Å². The Kier molecular flexibility index (Phi) is 2.92. The third kappa shape index (κ3) is 2.60. The molecule has 1 heterocycles. The van der Waals surface area contributed by atoms with Crippen LogP contribution >= 0.6 is 11.3 Å².